The Morgan fingerprint density at radius 3 is 2.33 bits per heavy atom. The maximum absolute atomic E-state index is 14.3. The highest BCUT2D eigenvalue weighted by Crippen LogP contribution is 2.41. The molecule has 2 aliphatic rings. The molecule has 1 aliphatic carbocycles. The zero-order valence-electron chi connectivity index (χ0n) is 22.4. The molecule has 0 fully saturated rings. The number of rotatable bonds is 3. The molecule has 202 valence electrons. The van der Waals surface area contributed by atoms with E-state index in [1.165, 1.54) is 23.0 Å². The maximum atomic E-state index is 14.3. The number of hydrogen-bond acceptors (Lipinski definition) is 5. The molecule has 1 aromatic heterocycles. The minimum Gasteiger partial charge on any atom is -0.272 e. The van der Waals surface area contributed by atoms with Crippen LogP contribution in [-0.4, -0.2) is 9.49 Å². The Balaban J connectivity index is 1.43. The monoisotopic (exact) mass is 565 g/mol. The summed E-state index contributed by atoms with van der Waals surface area (Å²) in [5, 5.41) is 16.1. The Morgan fingerprint density at radius 2 is 1.57 bits per heavy atom. The molecule has 2 heterocycles. The standard InChI is InChI=1S/C35H23N3O3S/c39-34-31(20-30-26-13-4-2-9-22(26)18-23-10-3-5-14-27(23)30)42-35-36-32-28-15-6-1-8-21(28)16-17-29(32)33(37(34)35)24-11-7-12-25(19-24)38(40)41/h1-15,18-20,33H,16-17H2/b31-20+/t33-/m0/s1. The zero-order valence-corrected chi connectivity index (χ0v) is 23.2. The van der Waals surface area contributed by atoms with Crippen LogP contribution in [-0.2, 0) is 6.42 Å². The van der Waals surface area contributed by atoms with Gasteiger partial charge in [-0.05, 0) is 68.8 Å². The fourth-order valence-electron chi connectivity index (χ4n) is 6.47. The van der Waals surface area contributed by atoms with Crippen LogP contribution in [0.1, 0.15) is 34.7 Å². The first-order valence-electron chi connectivity index (χ1n) is 13.8. The van der Waals surface area contributed by atoms with Gasteiger partial charge in [-0.15, -0.1) is 0 Å². The number of fused-ring (bicyclic) bond motifs is 5. The molecule has 0 radical (unpaired) electrons. The molecule has 0 spiro atoms. The Morgan fingerprint density at radius 1 is 0.857 bits per heavy atom. The minimum absolute atomic E-state index is 0.00668. The van der Waals surface area contributed by atoms with Crippen molar-refractivity contribution in [1.29, 1.82) is 0 Å². The van der Waals surface area contributed by atoms with E-state index in [0.29, 0.717) is 14.9 Å². The number of nitro groups is 1. The molecule has 0 saturated heterocycles. The van der Waals surface area contributed by atoms with Crippen molar-refractivity contribution in [1.82, 2.24) is 4.57 Å². The first-order chi connectivity index (χ1) is 20.6. The van der Waals surface area contributed by atoms with Gasteiger partial charge in [-0.3, -0.25) is 19.5 Å². The van der Waals surface area contributed by atoms with Crippen molar-refractivity contribution in [2.75, 3.05) is 0 Å². The summed E-state index contributed by atoms with van der Waals surface area (Å²) in [5.41, 5.74) is 5.75. The minimum atomic E-state index is -0.476. The van der Waals surface area contributed by atoms with Gasteiger partial charge >= 0.3 is 0 Å². The predicted octanol–water partition coefficient (Wildman–Crippen LogP) is 6.53. The van der Waals surface area contributed by atoms with Crippen LogP contribution < -0.4 is 14.9 Å². The number of thiazole rings is 1. The van der Waals surface area contributed by atoms with Crippen LogP contribution >= 0.6 is 11.3 Å². The third-order valence-corrected chi connectivity index (χ3v) is 9.34. The molecule has 0 saturated carbocycles. The van der Waals surface area contributed by atoms with Crippen molar-refractivity contribution in [3.63, 3.8) is 0 Å². The van der Waals surface area contributed by atoms with Gasteiger partial charge in [0.25, 0.3) is 11.2 Å². The lowest BCUT2D eigenvalue weighted by molar-refractivity contribution is -0.384. The topological polar surface area (TPSA) is 77.5 Å². The molecule has 7 heteroatoms. The molecule has 6 nitrogen and oxygen atoms in total. The van der Waals surface area contributed by atoms with Gasteiger partial charge in [0.1, 0.15) is 0 Å². The second-order valence-electron chi connectivity index (χ2n) is 10.7. The zero-order chi connectivity index (χ0) is 28.4. The number of nitrogens with zero attached hydrogens (tertiary/aromatic N) is 3. The highest BCUT2D eigenvalue weighted by atomic mass is 32.1. The third-order valence-electron chi connectivity index (χ3n) is 8.36. The quantitative estimate of drug-likeness (QED) is 0.139. The van der Waals surface area contributed by atoms with Gasteiger partial charge in [0.2, 0.25) is 0 Å². The van der Waals surface area contributed by atoms with Gasteiger partial charge in [0.15, 0.2) is 4.80 Å². The number of benzene rings is 5. The third kappa shape index (κ3) is 3.78. The second-order valence-corrected chi connectivity index (χ2v) is 11.7. The van der Waals surface area contributed by atoms with E-state index in [-0.39, 0.29) is 16.2 Å². The molecular weight excluding hydrogens is 542 g/mol. The number of non-ortho nitro benzene ring substituents is 1. The lowest BCUT2D eigenvalue weighted by atomic mass is 9.83. The molecule has 5 aromatic carbocycles. The molecule has 0 N–H and O–H groups in total. The van der Waals surface area contributed by atoms with E-state index in [1.54, 1.807) is 16.7 Å². The van der Waals surface area contributed by atoms with Gasteiger partial charge in [-0.25, -0.2) is 4.99 Å². The average molecular weight is 566 g/mol. The van der Waals surface area contributed by atoms with E-state index in [9.17, 15) is 14.9 Å². The summed E-state index contributed by atoms with van der Waals surface area (Å²) in [7, 11) is 0. The van der Waals surface area contributed by atoms with Crippen molar-refractivity contribution >= 4 is 50.3 Å². The first-order valence-corrected chi connectivity index (χ1v) is 14.7. The lowest BCUT2D eigenvalue weighted by Gasteiger charge is -2.30. The fourth-order valence-corrected chi connectivity index (χ4v) is 7.45. The van der Waals surface area contributed by atoms with E-state index in [0.717, 1.165) is 56.8 Å². The normalized spacial score (nSPS) is 16.2. The molecule has 1 aliphatic heterocycles. The van der Waals surface area contributed by atoms with Gasteiger partial charge < -0.3 is 0 Å². The second kappa shape index (κ2) is 9.46. The summed E-state index contributed by atoms with van der Waals surface area (Å²) in [4.78, 5) is 31.4. The van der Waals surface area contributed by atoms with Crippen LogP contribution in [0.2, 0.25) is 0 Å². The van der Waals surface area contributed by atoms with Crippen LogP contribution in [0.15, 0.2) is 118 Å². The number of nitro benzene ring substituents is 1. The Kier molecular flexibility index (Phi) is 5.55. The number of allylic oxidation sites excluding steroid dienone is 1. The highest BCUT2D eigenvalue weighted by Gasteiger charge is 2.33. The smallest absolute Gasteiger partial charge is 0.271 e. The maximum Gasteiger partial charge on any atom is 0.271 e. The van der Waals surface area contributed by atoms with Gasteiger partial charge in [0, 0.05) is 17.7 Å². The van der Waals surface area contributed by atoms with Crippen LogP contribution in [0.5, 0.6) is 0 Å². The predicted molar refractivity (Wildman–Crippen MR) is 167 cm³/mol. The number of aryl methyl sites for hydroxylation is 1. The molecule has 0 unspecified atom stereocenters. The largest absolute Gasteiger partial charge is 0.272 e. The summed E-state index contributed by atoms with van der Waals surface area (Å²) in [6.07, 6.45) is 3.54. The molecular formula is C35H23N3O3S. The lowest BCUT2D eigenvalue weighted by Crippen LogP contribution is -2.38. The Labute approximate surface area is 244 Å². The van der Waals surface area contributed by atoms with Crippen molar-refractivity contribution in [3.8, 4) is 0 Å². The van der Waals surface area contributed by atoms with E-state index in [1.807, 2.05) is 48.5 Å². The van der Waals surface area contributed by atoms with Crippen molar-refractivity contribution in [3.05, 3.63) is 161 Å². The molecule has 0 amide bonds. The number of aromatic nitrogens is 1. The first kappa shape index (κ1) is 24.6. The SMILES string of the molecule is O=c1/c(=C\c2c3ccccc3cc3ccccc23)sc2n1[C@@H](c1cccc([N+](=O)[O-])c1)C1=C(N=2)c2ccccc2CC1. The molecule has 42 heavy (non-hydrogen) atoms. The summed E-state index contributed by atoms with van der Waals surface area (Å²) in [5.74, 6) is 0. The van der Waals surface area contributed by atoms with Crippen LogP contribution in [0, 0.1) is 10.1 Å². The Hall–Kier alpha value is -5.14. The number of hydrogen-bond donors (Lipinski definition) is 0. The summed E-state index contributed by atoms with van der Waals surface area (Å²) in [6, 6.07) is 33.1. The van der Waals surface area contributed by atoms with Gasteiger partial charge in [0.05, 0.1) is 21.2 Å². The highest BCUT2D eigenvalue weighted by molar-refractivity contribution is 7.07. The van der Waals surface area contributed by atoms with Crippen LogP contribution in [0.3, 0.4) is 0 Å². The van der Waals surface area contributed by atoms with Crippen molar-refractivity contribution in [2.45, 2.75) is 18.9 Å². The van der Waals surface area contributed by atoms with Crippen LogP contribution in [0.25, 0.3) is 33.3 Å². The van der Waals surface area contributed by atoms with Crippen LogP contribution in [0.4, 0.5) is 5.69 Å². The van der Waals surface area contributed by atoms with E-state index < -0.39 is 6.04 Å². The fraction of sp³-hybridized carbons (Fsp3) is 0.0857. The van der Waals surface area contributed by atoms with Gasteiger partial charge in [-0.1, -0.05) is 96.3 Å². The van der Waals surface area contributed by atoms with E-state index in [4.69, 9.17) is 4.99 Å². The van der Waals surface area contributed by atoms with Gasteiger partial charge in [-0.2, -0.15) is 0 Å². The molecule has 8 rings (SSSR count). The molecule has 6 aromatic rings. The molecule has 0 bridgehead atoms. The summed E-state index contributed by atoms with van der Waals surface area (Å²) in [6.45, 7) is 0. The Bertz CT molecular complexity index is 2280. The molecule has 1 atom stereocenters. The summed E-state index contributed by atoms with van der Waals surface area (Å²) >= 11 is 1.37. The summed E-state index contributed by atoms with van der Waals surface area (Å²) < 4.78 is 2.33. The van der Waals surface area contributed by atoms with Crippen molar-refractivity contribution in [2.24, 2.45) is 4.99 Å². The van der Waals surface area contributed by atoms with E-state index >= 15 is 0 Å². The average Bonchev–Trinajstić information content (AvgIpc) is 3.33. The van der Waals surface area contributed by atoms with Crippen molar-refractivity contribution < 1.29 is 4.92 Å². The van der Waals surface area contributed by atoms with E-state index in [2.05, 4.69) is 42.5 Å².